The van der Waals surface area contributed by atoms with Gasteiger partial charge in [0.1, 0.15) is 11.5 Å². The van der Waals surface area contributed by atoms with Crippen LogP contribution in [0.1, 0.15) is 25.8 Å². The molecule has 0 bridgehead atoms. The Balaban J connectivity index is 2.05. The number of para-hydroxylation sites is 2. The van der Waals surface area contributed by atoms with Crippen molar-refractivity contribution < 1.29 is 14.3 Å². The van der Waals surface area contributed by atoms with Crippen LogP contribution in [-0.2, 0) is 11.2 Å². The highest BCUT2D eigenvalue weighted by atomic mass is 16.5. The Morgan fingerprint density at radius 2 is 1.78 bits per heavy atom. The maximum absolute atomic E-state index is 12.4. The fraction of sp³-hybridized carbons (Fsp3) is 0.316. The van der Waals surface area contributed by atoms with Crippen LogP contribution in [0.4, 0.5) is 5.69 Å². The molecule has 2 rings (SSSR count). The highest BCUT2D eigenvalue weighted by molar-refractivity contribution is 5.95. The minimum absolute atomic E-state index is 0.184. The highest BCUT2D eigenvalue weighted by Crippen LogP contribution is 2.24. The van der Waals surface area contributed by atoms with E-state index in [2.05, 4.69) is 12.2 Å². The molecule has 0 spiro atoms. The number of anilines is 1. The lowest BCUT2D eigenvalue weighted by atomic mass is 10.1. The molecule has 23 heavy (non-hydrogen) atoms. The van der Waals surface area contributed by atoms with E-state index >= 15 is 0 Å². The highest BCUT2D eigenvalue weighted by Gasteiger charge is 2.19. The molecule has 1 amide bonds. The molecule has 0 saturated carbocycles. The number of aryl methyl sites for hydroxylation is 1. The van der Waals surface area contributed by atoms with Crippen LogP contribution in [0.25, 0.3) is 0 Å². The van der Waals surface area contributed by atoms with Crippen molar-refractivity contribution in [3.63, 3.8) is 0 Å². The predicted octanol–water partition coefficient (Wildman–Crippen LogP) is 4.05. The predicted molar refractivity (Wildman–Crippen MR) is 92.2 cm³/mol. The van der Waals surface area contributed by atoms with E-state index in [0.717, 1.165) is 6.42 Å². The van der Waals surface area contributed by atoms with Crippen LogP contribution in [-0.4, -0.2) is 19.1 Å². The SMILES string of the molecule is CCc1ccc(O[C@H](CC)C(=O)Nc2ccccc2OC)cc1. The molecule has 1 atom stereocenters. The number of rotatable bonds is 7. The van der Waals surface area contributed by atoms with Gasteiger partial charge in [-0.25, -0.2) is 0 Å². The Morgan fingerprint density at radius 1 is 1.09 bits per heavy atom. The van der Waals surface area contributed by atoms with Gasteiger partial charge < -0.3 is 14.8 Å². The molecule has 122 valence electrons. The molecule has 4 heteroatoms. The second-order valence-electron chi connectivity index (χ2n) is 5.20. The van der Waals surface area contributed by atoms with Crippen LogP contribution in [0.3, 0.4) is 0 Å². The van der Waals surface area contributed by atoms with Gasteiger partial charge in [-0.1, -0.05) is 38.1 Å². The third-order valence-electron chi connectivity index (χ3n) is 3.64. The van der Waals surface area contributed by atoms with E-state index in [9.17, 15) is 4.79 Å². The number of hydrogen-bond acceptors (Lipinski definition) is 3. The summed E-state index contributed by atoms with van der Waals surface area (Å²) in [6.07, 6.45) is 1.01. The summed E-state index contributed by atoms with van der Waals surface area (Å²) in [5, 5.41) is 2.87. The van der Waals surface area contributed by atoms with Gasteiger partial charge in [-0.15, -0.1) is 0 Å². The minimum atomic E-state index is -0.549. The van der Waals surface area contributed by atoms with Crippen molar-refractivity contribution in [3.8, 4) is 11.5 Å². The van der Waals surface area contributed by atoms with E-state index in [1.165, 1.54) is 5.56 Å². The number of carbonyl (C=O) groups excluding carboxylic acids is 1. The van der Waals surface area contributed by atoms with Gasteiger partial charge in [0.15, 0.2) is 6.10 Å². The molecule has 2 aromatic carbocycles. The van der Waals surface area contributed by atoms with Crippen molar-refractivity contribution in [3.05, 3.63) is 54.1 Å². The van der Waals surface area contributed by atoms with Gasteiger partial charge in [-0.2, -0.15) is 0 Å². The average molecular weight is 313 g/mol. The third-order valence-corrected chi connectivity index (χ3v) is 3.64. The van der Waals surface area contributed by atoms with Crippen LogP contribution >= 0.6 is 0 Å². The summed E-state index contributed by atoms with van der Waals surface area (Å²) in [5.41, 5.74) is 1.88. The van der Waals surface area contributed by atoms with Gasteiger partial charge in [0, 0.05) is 0 Å². The molecule has 0 aliphatic rings. The van der Waals surface area contributed by atoms with Crippen molar-refractivity contribution in [1.29, 1.82) is 0 Å². The van der Waals surface area contributed by atoms with Gasteiger partial charge in [0.25, 0.3) is 5.91 Å². The monoisotopic (exact) mass is 313 g/mol. The average Bonchev–Trinajstić information content (AvgIpc) is 2.60. The molecule has 0 aromatic heterocycles. The zero-order valence-corrected chi connectivity index (χ0v) is 13.8. The summed E-state index contributed by atoms with van der Waals surface area (Å²) < 4.78 is 11.1. The van der Waals surface area contributed by atoms with Crippen LogP contribution in [0.2, 0.25) is 0 Å². The Morgan fingerprint density at radius 3 is 2.39 bits per heavy atom. The van der Waals surface area contributed by atoms with Gasteiger partial charge in [0.2, 0.25) is 0 Å². The normalized spacial score (nSPS) is 11.6. The van der Waals surface area contributed by atoms with Crippen LogP contribution in [0.15, 0.2) is 48.5 Å². The number of ether oxygens (including phenoxy) is 2. The second-order valence-corrected chi connectivity index (χ2v) is 5.20. The fourth-order valence-corrected chi connectivity index (χ4v) is 2.25. The molecule has 0 fully saturated rings. The maximum atomic E-state index is 12.4. The summed E-state index contributed by atoms with van der Waals surface area (Å²) in [5.74, 6) is 1.14. The van der Waals surface area contributed by atoms with E-state index in [-0.39, 0.29) is 5.91 Å². The third kappa shape index (κ3) is 4.49. The Bertz CT molecular complexity index is 637. The lowest BCUT2D eigenvalue weighted by molar-refractivity contribution is -0.122. The van der Waals surface area contributed by atoms with E-state index in [4.69, 9.17) is 9.47 Å². The first-order valence-corrected chi connectivity index (χ1v) is 7.87. The lowest BCUT2D eigenvalue weighted by Crippen LogP contribution is -2.32. The Hall–Kier alpha value is -2.49. The minimum Gasteiger partial charge on any atom is -0.495 e. The van der Waals surface area contributed by atoms with Gasteiger partial charge in [-0.3, -0.25) is 4.79 Å². The van der Waals surface area contributed by atoms with Crippen molar-refractivity contribution in [2.45, 2.75) is 32.8 Å². The van der Waals surface area contributed by atoms with E-state index < -0.39 is 6.10 Å². The molecule has 0 aliphatic carbocycles. The standard InChI is InChI=1S/C19H23NO3/c1-4-14-10-12-15(13-11-14)23-17(5-2)19(21)20-16-8-6-7-9-18(16)22-3/h6-13,17H,4-5H2,1-3H3,(H,20,21)/t17-/m1/s1. The molecule has 0 saturated heterocycles. The van der Waals surface area contributed by atoms with Crippen LogP contribution < -0.4 is 14.8 Å². The summed E-state index contributed by atoms with van der Waals surface area (Å²) in [4.78, 5) is 12.4. The zero-order chi connectivity index (χ0) is 16.7. The van der Waals surface area contributed by atoms with Crippen LogP contribution in [0.5, 0.6) is 11.5 Å². The van der Waals surface area contributed by atoms with E-state index in [1.807, 2.05) is 43.3 Å². The first-order chi connectivity index (χ1) is 11.2. The van der Waals surface area contributed by atoms with E-state index in [1.54, 1.807) is 19.2 Å². The lowest BCUT2D eigenvalue weighted by Gasteiger charge is -2.18. The summed E-state index contributed by atoms with van der Waals surface area (Å²) in [6.45, 7) is 4.03. The fourth-order valence-electron chi connectivity index (χ4n) is 2.25. The second kappa shape index (κ2) is 8.22. The van der Waals surface area contributed by atoms with Gasteiger partial charge in [0.05, 0.1) is 12.8 Å². The summed E-state index contributed by atoms with van der Waals surface area (Å²) >= 11 is 0. The number of amides is 1. The first kappa shape index (κ1) is 16.9. The van der Waals surface area contributed by atoms with Crippen LogP contribution in [0, 0.1) is 0 Å². The molecule has 0 aliphatic heterocycles. The molecular weight excluding hydrogens is 290 g/mol. The molecular formula is C19H23NO3. The van der Waals surface area contributed by atoms with Gasteiger partial charge in [-0.05, 0) is 42.7 Å². The maximum Gasteiger partial charge on any atom is 0.265 e. The number of carbonyl (C=O) groups is 1. The van der Waals surface area contributed by atoms with Gasteiger partial charge >= 0.3 is 0 Å². The number of benzene rings is 2. The number of nitrogens with one attached hydrogen (secondary N) is 1. The molecule has 0 heterocycles. The van der Waals surface area contributed by atoms with Crippen molar-refractivity contribution in [2.24, 2.45) is 0 Å². The zero-order valence-electron chi connectivity index (χ0n) is 13.8. The topological polar surface area (TPSA) is 47.6 Å². The number of methoxy groups -OCH3 is 1. The Labute approximate surface area is 137 Å². The first-order valence-electron chi connectivity index (χ1n) is 7.87. The van der Waals surface area contributed by atoms with Crippen molar-refractivity contribution in [2.75, 3.05) is 12.4 Å². The Kier molecular flexibility index (Phi) is 6.03. The molecule has 2 aromatic rings. The summed E-state index contributed by atoms with van der Waals surface area (Å²) in [6, 6.07) is 15.2. The largest absolute Gasteiger partial charge is 0.495 e. The molecule has 0 radical (unpaired) electrons. The molecule has 1 N–H and O–H groups in total. The number of hydrogen-bond donors (Lipinski definition) is 1. The van der Waals surface area contributed by atoms with E-state index in [0.29, 0.717) is 23.6 Å². The van der Waals surface area contributed by atoms with Crippen molar-refractivity contribution in [1.82, 2.24) is 0 Å². The smallest absolute Gasteiger partial charge is 0.265 e. The molecule has 0 unspecified atom stereocenters. The quantitative estimate of drug-likeness (QED) is 0.838. The van der Waals surface area contributed by atoms with Crippen molar-refractivity contribution >= 4 is 11.6 Å². The molecule has 4 nitrogen and oxygen atoms in total. The summed E-state index contributed by atoms with van der Waals surface area (Å²) in [7, 11) is 1.58.